The van der Waals surface area contributed by atoms with Gasteiger partial charge in [0.1, 0.15) is 10.7 Å². The summed E-state index contributed by atoms with van der Waals surface area (Å²) in [5, 5.41) is 0.975. The maximum absolute atomic E-state index is 5.74. The van der Waals surface area contributed by atoms with Gasteiger partial charge in [-0.25, -0.2) is 4.99 Å². The molecular weight excluding hydrogens is 230 g/mol. The van der Waals surface area contributed by atoms with E-state index < -0.39 is 0 Å². The van der Waals surface area contributed by atoms with Crippen LogP contribution in [0.1, 0.15) is 27.2 Å². The Kier molecular flexibility index (Phi) is 5.98. The molecule has 4 heteroatoms. The normalized spacial score (nSPS) is 22.1. The molecule has 0 bridgehead atoms. The molecule has 0 aromatic carbocycles. The lowest BCUT2D eigenvalue weighted by molar-refractivity contribution is 0.934. The highest BCUT2D eigenvalue weighted by Crippen LogP contribution is 2.23. The van der Waals surface area contributed by atoms with Gasteiger partial charge in [-0.2, -0.15) is 0 Å². The first-order valence-electron chi connectivity index (χ1n) is 5.83. The molecule has 0 amide bonds. The van der Waals surface area contributed by atoms with Crippen LogP contribution in [0, 0.1) is 0 Å². The molecule has 2 aliphatic heterocycles. The molecule has 92 valence electrons. The molecule has 2 aliphatic rings. The minimum atomic E-state index is 0.0750. The van der Waals surface area contributed by atoms with Crippen LogP contribution in [0.15, 0.2) is 39.6 Å². The second-order valence-electron chi connectivity index (χ2n) is 3.78. The molecular formula is C13H19N3S. The molecule has 0 radical (unpaired) electrons. The fraction of sp³-hybridized carbons (Fsp3) is 0.462. The van der Waals surface area contributed by atoms with Gasteiger partial charge in [0.05, 0.1) is 11.9 Å². The predicted molar refractivity (Wildman–Crippen MR) is 77.7 cm³/mol. The molecule has 2 N–H and O–H groups in total. The topological polar surface area (TPSA) is 50.7 Å². The third-order valence-corrected chi connectivity index (χ3v) is 2.82. The van der Waals surface area contributed by atoms with Crippen molar-refractivity contribution in [2.24, 2.45) is 15.7 Å². The average molecular weight is 249 g/mol. The third-order valence-electron chi connectivity index (χ3n) is 1.82. The number of nitrogens with zero attached hydrogens (tertiary/aromatic N) is 2. The van der Waals surface area contributed by atoms with Crippen LogP contribution in [-0.4, -0.2) is 22.7 Å². The van der Waals surface area contributed by atoms with Gasteiger partial charge < -0.3 is 5.73 Å². The lowest BCUT2D eigenvalue weighted by atomic mass is 10.4. The summed E-state index contributed by atoms with van der Waals surface area (Å²) in [6.45, 7) is 6.88. The number of thioether (sulfide) groups is 1. The van der Waals surface area contributed by atoms with Gasteiger partial charge in [0, 0.05) is 5.71 Å². The van der Waals surface area contributed by atoms with Crippen LogP contribution in [0.4, 0.5) is 0 Å². The van der Waals surface area contributed by atoms with Gasteiger partial charge in [0.2, 0.25) is 0 Å². The van der Waals surface area contributed by atoms with Gasteiger partial charge in [0.15, 0.2) is 0 Å². The monoisotopic (exact) mass is 249 g/mol. The standard InChI is InChI=1S/C10H11N3S.C3H8/c1-7-4-2-3-5-8(13-7)10-12-6-9(11)14-10;1-3-2/h2-4,9H,6,11H2,1H3;3H2,1-2H3. The first-order valence-corrected chi connectivity index (χ1v) is 6.71. The van der Waals surface area contributed by atoms with Crippen molar-refractivity contribution in [3.8, 4) is 0 Å². The molecule has 0 aromatic heterocycles. The third kappa shape index (κ3) is 4.73. The zero-order chi connectivity index (χ0) is 12.7. The minimum Gasteiger partial charge on any atom is -0.317 e. The smallest absolute Gasteiger partial charge is 0.137 e. The molecule has 0 fully saturated rings. The molecule has 1 unspecified atom stereocenters. The van der Waals surface area contributed by atoms with Crippen molar-refractivity contribution in [3.63, 3.8) is 0 Å². The van der Waals surface area contributed by atoms with Crippen LogP contribution >= 0.6 is 11.8 Å². The Hall–Kier alpha value is -1.09. The van der Waals surface area contributed by atoms with Crippen molar-refractivity contribution < 1.29 is 0 Å². The van der Waals surface area contributed by atoms with Crippen LogP contribution in [0.3, 0.4) is 0 Å². The molecule has 0 aromatic rings. The Morgan fingerprint density at radius 2 is 2.24 bits per heavy atom. The molecule has 0 aliphatic carbocycles. The Bertz CT molecular complexity index is 412. The number of aliphatic imine (C=N–C) groups is 2. The first kappa shape index (κ1) is 14.0. The maximum Gasteiger partial charge on any atom is 0.137 e. The highest BCUT2D eigenvalue weighted by molar-refractivity contribution is 8.15. The van der Waals surface area contributed by atoms with E-state index >= 15 is 0 Å². The molecule has 3 nitrogen and oxygen atoms in total. The van der Waals surface area contributed by atoms with E-state index in [2.05, 4.69) is 29.6 Å². The van der Waals surface area contributed by atoms with Crippen LogP contribution in [-0.2, 0) is 0 Å². The predicted octanol–water partition coefficient (Wildman–Crippen LogP) is 2.90. The lowest BCUT2D eigenvalue weighted by Crippen LogP contribution is -2.15. The van der Waals surface area contributed by atoms with Crippen molar-refractivity contribution in [2.75, 3.05) is 6.54 Å². The van der Waals surface area contributed by atoms with Gasteiger partial charge in [0.25, 0.3) is 0 Å². The Labute approximate surface area is 107 Å². The summed E-state index contributed by atoms with van der Waals surface area (Å²) >= 11 is 1.56. The van der Waals surface area contributed by atoms with Crippen molar-refractivity contribution in [3.05, 3.63) is 29.7 Å². The first-order chi connectivity index (χ1) is 8.17. The zero-order valence-electron chi connectivity index (χ0n) is 10.6. The van der Waals surface area contributed by atoms with Crippen molar-refractivity contribution >= 4 is 22.5 Å². The second kappa shape index (κ2) is 7.28. The van der Waals surface area contributed by atoms with E-state index in [1.165, 1.54) is 6.42 Å². The Balaban J connectivity index is 0.000000437. The van der Waals surface area contributed by atoms with E-state index in [-0.39, 0.29) is 5.37 Å². The zero-order valence-corrected chi connectivity index (χ0v) is 11.4. The second-order valence-corrected chi connectivity index (χ2v) is 5.01. The summed E-state index contributed by atoms with van der Waals surface area (Å²) < 4.78 is 0. The van der Waals surface area contributed by atoms with Crippen LogP contribution in [0.5, 0.6) is 0 Å². The van der Waals surface area contributed by atoms with E-state index in [9.17, 15) is 0 Å². The summed E-state index contributed by atoms with van der Waals surface area (Å²) in [5.41, 5.74) is 10.6. The molecule has 0 spiro atoms. The van der Waals surface area contributed by atoms with E-state index in [0.717, 1.165) is 16.5 Å². The molecule has 2 rings (SSSR count). The van der Waals surface area contributed by atoms with Gasteiger partial charge in [-0.3, -0.25) is 4.99 Å². The molecule has 17 heavy (non-hydrogen) atoms. The summed E-state index contributed by atoms with van der Waals surface area (Å²) in [5.74, 6) is 0. The van der Waals surface area contributed by atoms with Gasteiger partial charge in [-0.15, -0.1) is 0 Å². The van der Waals surface area contributed by atoms with Gasteiger partial charge in [-0.1, -0.05) is 43.8 Å². The molecule has 0 saturated carbocycles. The maximum atomic E-state index is 5.74. The summed E-state index contributed by atoms with van der Waals surface area (Å²) in [7, 11) is 0. The minimum absolute atomic E-state index is 0.0750. The van der Waals surface area contributed by atoms with Crippen LogP contribution < -0.4 is 5.73 Å². The number of rotatable bonds is 1. The van der Waals surface area contributed by atoms with Gasteiger partial charge in [-0.05, 0) is 19.1 Å². The number of nitrogens with two attached hydrogens (primary N) is 1. The Morgan fingerprint density at radius 3 is 2.82 bits per heavy atom. The van der Waals surface area contributed by atoms with E-state index in [4.69, 9.17) is 5.73 Å². The largest absolute Gasteiger partial charge is 0.317 e. The highest BCUT2D eigenvalue weighted by Gasteiger charge is 2.18. The quantitative estimate of drug-likeness (QED) is 0.726. The Morgan fingerprint density at radius 1 is 1.53 bits per heavy atom. The molecule has 1 atom stereocenters. The SMILES string of the molecule is CC1=NC(C2=NCC(N)S2)=C=CC=C1.CCC. The van der Waals surface area contributed by atoms with Crippen molar-refractivity contribution in [2.45, 2.75) is 32.6 Å². The van der Waals surface area contributed by atoms with Crippen LogP contribution in [0.25, 0.3) is 0 Å². The van der Waals surface area contributed by atoms with E-state index in [1.807, 2.05) is 25.2 Å². The van der Waals surface area contributed by atoms with Gasteiger partial charge >= 0.3 is 0 Å². The fourth-order valence-electron chi connectivity index (χ4n) is 1.19. The molecule has 0 saturated heterocycles. The number of hydrogen-bond acceptors (Lipinski definition) is 4. The highest BCUT2D eigenvalue weighted by atomic mass is 32.2. The average Bonchev–Trinajstić information content (AvgIpc) is 2.58. The van der Waals surface area contributed by atoms with E-state index in [0.29, 0.717) is 6.54 Å². The summed E-state index contributed by atoms with van der Waals surface area (Å²) in [4.78, 5) is 8.71. The lowest BCUT2D eigenvalue weighted by Gasteiger charge is -1.99. The van der Waals surface area contributed by atoms with E-state index in [1.54, 1.807) is 11.8 Å². The number of allylic oxidation sites excluding steroid dienone is 2. The summed E-state index contributed by atoms with van der Waals surface area (Å²) in [6, 6.07) is 0. The molecule has 2 heterocycles. The summed E-state index contributed by atoms with van der Waals surface area (Å²) in [6.07, 6.45) is 6.97. The van der Waals surface area contributed by atoms with Crippen molar-refractivity contribution in [1.82, 2.24) is 0 Å². The van der Waals surface area contributed by atoms with Crippen molar-refractivity contribution in [1.29, 1.82) is 0 Å². The fourth-order valence-corrected chi connectivity index (χ4v) is 1.99. The van der Waals surface area contributed by atoms with Crippen LogP contribution in [0.2, 0.25) is 0 Å². The number of hydrogen-bond donors (Lipinski definition) is 1.